The summed E-state index contributed by atoms with van der Waals surface area (Å²) in [6, 6.07) is 7.02. The van der Waals surface area contributed by atoms with Crippen LogP contribution in [0.5, 0.6) is 0 Å². The zero-order valence-electron chi connectivity index (χ0n) is 14.8. The van der Waals surface area contributed by atoms with Crippen molar-refractivity contribution in [3.63, 3.8) is 0 Å². The van der Waals surface area contributed by atoms with Crippen LogP contribution in [-0.2, 0) is 27.6 Å². The quantitative estimate of drug-likeness (QED) is 0.805. The Morgan fingerprint density at radius 1 is 1.23 bits per heavy atom. The van der Waals surface area contributed by atoms with E-state index in [9.17, 15) is 8.42 Å². The molecule has 0 bridgehead atoms. The molecule has 1 aliphatic carbocycles. The molecule has 138 valence electrons. The van der Waals surface area contributed by atoms with E-state index in [-0.39, 0.29) is 11.2 Å². The monoisotopic (exact) mass is 391 g/mol. The van der Waals surface area contributed by atoms with Gasteiger partial charge in [-0.2, -0.15) is 0 Å². The Morgan fingerprint density at radius 2 is 2.00 bits per heavy atom. The molecule has 2 aliphatic rings. The lowest BCUT2D eigenvalue weighted by Gasteiger charge is -2.39. The van der Waals surface area contributed by atoms with Gasteiger partial charge in [0, 0.05) is 29.7 Å². The van der Waals surface area contributed by atoms with Gasteiger partial charge in [-0.3, -0.25) is 0 Å². The van der Waals surface area contributed by atoms with Gasteiger partial charge in [0.2, 0.25) is 10.0 Å². The van der Waals surface area contributed by atoms with Crippen LogP contribution in [0, 0.1) is 6.92 Å². The molecule has 1 aromatic heterocycles. The molecule has 1 atom stereocenters. The number of nitrogens with zero attached hydrogens (tertiary/aromatic N) is 3. The van der Waals surface area contributed by atoms with Crippen molar-refractivity contribution in [1.29, 1.82) is 0 Å². The van der Waals surface area contributed by atoms with Gasteiger partial charge in [0.15, 0.2) is 0 Å². The van der Waals surface area contributed by atoms with Crippen molar-refractivity contribution in [3.8, 4) is 0 Å². The van der Waals surface area contributed by atoms with Crippen LogP contribution < -0.4 is 0 Å². The molecular formula is C19H22ClN3O2S. The summed E-state index contributed by atoms with van der Waals surface area (Å²) in [6.45, 7) is 2.99. The fourth-order valence-corrected chi connectivity index (χ4v) is 6.01. The number of hydrogen-bond acceptors (Lipinski definition) is 4. The Hall–Kier alpha value is -1.50. The zero-order valence-corrected chi connectivity index (χ0v) is 16.4. The van der Waals surface area contributed by atoms with Crippen molar-refractivity contribution in [1.82, 2.24) is 14.3 Å². The lowest BCUT2D eigenvalue weighted by molar-refractivity contribution is 0.219. The van der Waals surface area contributed by atoms with E-state index < -0.39 is 10.0 Å². The van der Waals surface area contributed by atoms with Crippen LogP contribution in [0.3, 0.4) is 0 Å². The number of benzene rings is 1. The van der Waals surface area contributed by atoms with Gasteiger partial charge in [0.25, 0.3) is 0 Å². The Bertz CT molecular complexity index is 926. The lowest BCUT2D eigenvalue weighted by atomic mass is 9.78. The van der Waals surface area contributed by atoms with E-state index in [1.807, 2.05) is 13.1 Å². The van der Waals surface area contributed by atoms with Crippen molar-refractivity contribution in [2.24, 2.45) is 0 Å². The molecule has 2 aromatic rings. The number of aromatic nitrogens is 2. The van der Waals surface area contributed by atoms with E-state index in [1.54, 1.807) is 28.6 Å². The normalized spacial score (nSPS) is 23.3. The van der Waals surface area contributed by atoms with Gasteiger partial charge in [-0.05, 0) is 55.9 Å². The summed E-state index contributed by atoms with van der Waals surface area (Å²) in [5.41, 5.74) is 2.84. The smallest absolute Gasteiger partial charge is 0.218 e. The molecule has 2 heterocycles. The Labute approximate surface area is 159 Å². The van der Waals surface area contributed by atoms with Crippen LogP contribution in [0.4, 0.5) is 0 Å². The van der Waals surface area contributed by atoms with Gasteiger partial charge in [-0.1, -0.05) is 23.7 Å². The number of hydrogen-bond donors (Lipinski definition) is 0. The Kier molecular flexibility index (Phi) is 4.53. The molecule has 1 fully saturated rings. The lowest BCUT2D eigenvalue weighted by Crippen LogP contribution is -2.48. The highest BCUT2D eigenvalue weighted by molar-refractivity contribution is 7.88. The standard InChI is InChI=1S/C19H22ClN3O2S/c1-14-21-11-16-7-9-19(18(16)22-14)8-2-10-23(13-19)26(24,25)12-15-3-5-17(20)6-4-15/h3-6,11H,2,7-10,12-13H2,1H3. The van der Waals surface area contributed by atoms with Gasteiger partial charge in [0.1, 0.15) is 5.82 Å². The first-order valence-corrected chi connectivity index (χ1v) is 10.9. The third-order valence-corrected chi connectivity index (χ3v) is 7.61. The number of fused-ring (bicyclic) bond motifs is 2. The molecule has 5 nitrogen and oxygen atoms in total. The fraction of sp³-hybridized carbons (Fsp3) is 0.474. The average molecular weight is 392 g/mol. The first-order chi connectivity index (χ1) is 12.4. The van der Waals surface area contributed by atoms with E-state index in [1.165, 1.54) is 5.56 Å². The van der Waals surface area contributed by atoms with E-state index in [0.29, 0.717) is 18.1 Å². The summed E-state index contributed by atoms with van der Waals surface area (Å²) in [4.78, 5) is 9.00. The highest BCUT2D eigenvalue weighted by atomic mass is 35.5. The molecule has 0 radical (unpaired) electrons. The molecule has 1 spiro atoms. The molecule has 0 saturated carbocycles. The molecule has 1 aliphatic heterocycles. The van der Waals surface area contributed by atoms with Crippen LogP contribution in [0.25, 0.3) is 0 Å². The van der Waals surface area contributed by atoms with Gasteiger partial charge < -0.3 is 0 Å². The Morgan fingerprint density at radius 3 is 2.77 bits per heavy atom. The maximum atomic E-state index is 13.0. The second-order valence-electron chi connectivity index (χ2n) is 7.39. The number of aryl methyl sites for hydroxylation is 2. The Balaban J connectivity index is 1.59. The maximum Gasteiger partial charge on any atom is 0.218 e. The molecule has 1 saturated heterocycles. The summed E-state index contributed by atoms with van der Waals surface area (Å²) < 4.78 is 27.7. The zero-order chi connectivity index (χ0) is 18.4. The summed E-state index contributed by atoms with van der Waals surface area (Å²) in [6.07, 6.45) is 5.65. The highest BCUT2D eigenvalue weighted by Gasteiger charge is 2.45. The van der Waals surface area contributed by atoms with Crippen LogP contribution in [0.1, 0.15) is 41.9 Å². The van der Waals surface area contributed by atoms with E-state index in [4.69, 9.17) is 16.6 Å². The van der Waals surface area contributed by atoms with Crippen molar-refractivity contribution >= 4 is 21.6 Å². The third-order valence-electron chi connectivity index (χ3n) is 5.56. The minimum atomic E-state index is -3.38. The summed E-state index contributed by atoms with van der Waals surface area (Å²) in [7, 11) is -3.38. The molecule has 1 aromatic carbocycles. The average Bonchev–Trinajstić information content (AvgIpc) is 2.94. The number of rotatable bonds is 3. The second kappa shape index (κ2) is 6.59. The minimum Gasteiger partial charge on any atom is -0.241 e. The first kappa shape index (κ1) is 17.9. The van der Waals surface area contributed by atoms with Gasteiger partial charge >= 0.3 is 0 Å². The van der Waals surface area contributed by atoms with Gasteiger partial charge in [0.05, 0.1) is 11.4 Å². The molecule has 4 rings (SSSR count). The summed E-state index contributed by atoms with van der Waals surface area (Å²) in [5, 5.41) is 0.612. The molecule has 7 heteroatoms. The highest BCUT2D eigenvalue weighted by Crippen LogP contribution is 2.44. The number of piperidine rings is 1. The van der Waals surface area contributed by atoms with E-state index in [2.05, 4.69) is 4.98 Å². The largest absolute Gasteiger partial charge is 0.241 e. The minimum absolute atomic E-state index is 0.00983. The third kappa shape index (κ3) is 3.26. The summed E-state index contributed by atoms with van der Waals surface area (Å²) in [5.74, 6) is 0.766. The van der Waals surface area contributed by atoms with Crippen molar-refractivity contribution < 1.29 is 8.42 Å². The SMILES string of the molecule is Cc1ncc2c(n1)C1(CCCN(S(=O)(=O)Cc3ccc(Cl)cc3)C1)CC2. The fourth-order valence-electron chi connectivity index (χ4n) is 4.24. The summed E-state index contributed by atoms with van der Waals surface area (Å²) >= 11 is 5.90. The predicted octanol–water partition coefficient (Wildman–Crippen LogP) is 3.25. The molecule has 26 heavy (non-hydrogen) atoms. The predicted molar refractivity (Wildman–Crippen MR) is 102 cm³/mol. The number of sulfonamides is 1. The van der Waals surface area contributed by atoms with Crippen molar-refractivity contribution in [2.45, 2.75) is 43.8 Å². The van der Waals surface area contributed by atoms with Crippen LogP contribution in [0.2, 0.25) is 5.02 Å². The van der Waals surface area contributed by atoms with E-state index >= 15 is 0 Å². The van der Waals surface area contributed by atoms with Crippen molar-refractivity contribution in [2.75, 3.05) is 13.1 Å². The first-order valence-electron chi connectivity index (χ1n) is 8.93. The molecule has 1 unspecified atom stereocenters. The van der Waals surface area contributed by atoms with Gasteiger partial charge in [-0.25, -0.2) is 22.7 Å². The van der Waals surface area contributed by atoms with Crippen molar-refractivity contribution in [3.05, 3.63) is 58.1 Å². The van der Waals surface area contributed by atoms with Gasteiger partial charge in [-0.15, -0.1) is 0 Å². The maximum absolute atomic E-state index is 13.0. The molecule has 0 N–H and O–H groups in total. The topological polar surface area (TPSA) is 63.2 Å². The van der Waals surface area contributed by atoms with Crippen LogP contribution in [-0.4, -0.2) is 35.8 Å². The van der Waals surface area contributed by atoms with E-state index in [0.717, 1.165) is 42.8 Å². The molecular weight excluding hydrogens is 370 g/mol. The number of halogens is 1. The molecule has 0 amide bonds. The van der Waals surface area contributed by atoms with Crippen LogP contribution in [0.15, 0.2) is 30.5 Å². The van der Waals surface area contributed by atoms with Crippen LogP contribution >= 0.6 is 11.6 Å². The second-order valence-corrected chi connectivity index (χ2v) is 9.80.